The normalized spacial score (nSPS) is 24.2. The molecule has 1 aromatic rings. The van der Waals surface area contributed by atoms with Crippen molar-refractivity contribution in [3.05, 3.63) is 23.9 Å². The lowest BCUT2D eigenvalue weighted by atomic mass is 9.89. The van der Waals surface area contributed by atoms with Crippen LogP contribution in [0.15, 0.2) is 18.3 Å². The van der Waals surface area contributed by atoms with Gasteiger partial charge in [-0.15, -0.1) is 0 Å². The standard InChI is InChI=1S/C16H27N3/c1-12-5-10-15(17-11-12)18-13-6-8-14(9-7-13)19-16(2,3)4/h5,10-11,13-14,19H,6-9H2,1-4H3,(H,17,18). The van der Waals surface area contributed by atoms with Gasteiger partial charge in [-0.1, -0.05) is 6.07 Å². The highest BCUT2D eigenvalue weighted by Gasteiger charge is 2.24. The largest absolute Gasteiger partial charge is 0.367 e. The Hall–Kier alpha value is -1.09. The summed E-state index contributed by atoms with van der Waals surface area (Å²) in [6, 6.07) is 5.44. The first kappa shape index (κ1) is 14.3. The zero-order valence-electron chi connectivity index (χ0n) is 12.7. The Morgan fingerprint density at radius 2 is 1.68 bits per heavy atom. The zero-order valence-corrected chi connectivity index (χ0v) is 12.7. The summed E-state index contributed by atoms with van der Waals surface area (Å²) >= 11 is 0. The second-order valence-corrected chi connectivity index (χ2v) is 6.81. The van der Waals surface area contributed by atoms with E-state index in [4.69, 9.17) is 0 Å². The third kappa shape index (κ3) is 4.83. The fraction of sp³-hybridized carbons (Fsp3) is 0.688. The number of aromatic nitrogens is 1. The molecule has 1 aliphatic carbocycles. The molecule has 3 heteroatoms. The molecule has 0 aromatic carbocycles. The van der Waals surface area contributed by atoms with E-state index < -0.39 is 0 Å². The summed E-state index contributed by atoms with van der Waals surface area (Å²) in [5.74, 6) is 1.01. The van der Waals surface area contributed by atoms with Crippen LogP contribution in [0, 0.1) is 6.92 Å². The summed E-state index contributed by atoms with van der Waals surface area (Å²) in [6.07, 6.45) is 6.88. The first-order valence-electron chi connectivity index (χ1n) is 7.39. The van der Waals surface area contributed by atoms with Crippen molar-refractivity contribution in [2.45, 2.75) is 71.0 Å². The molecule has 1 heterocycles. The second kappa shape index (κ2) is 5.91. The Kier molecular flexibility index (Phi) is 4.46. The summed E-state index contributed by atoms with van der Waals surface area (Å²) in [7, 11) is 0. The number of hydrogen-bond acceptors (Lipinski definition) is 3. The van der Waals surface area contributed by atoms with Gasteiger partial charge in [0.15, 0.2) is 0 Å². The number of hydrogen-bond donors (Lipinski definition) is 2. The van der Waals surface area contributed by atoms with Crippen molar-refractivity contribution in [3.8, 4) is 0 Å². The molecule has 1 saturated carbocycles. The van der Waals surface area contributed by atoms with E-state index in [1.807, 2.05) is 6.20 Å². The van der Waals surface area contributed by atoms with Crippen LogP contribution in [0.1, 0.15) is 52.0 Å². The SMILES string of the molecule is Cc1ccc(NC2CCC(NC(C)(C)C)CC2)nc1. The minimum absolute atomic E-state index is 0.226. The lowest BCUT2D eigenvalue weighted by Crippen LogP contribution is -2.46. The fourth-order valence-corrected chi connectivity index (χ4v) is 2.76. The van der Waals surface area contributed by atoms with Gasteiger partial charge in [0.25, 0.3) is 0 Å². The lowest BCUT2D eigenvalue weighted by molar-refractivity contribution is 0.286. The van der Waals surface area contributed by atoms with Crippen LogP contribution < -0.4 is 10.6 Å². The van der Waals surface area contributed by atoms with E-state index in [2.05, 4.69) is 55.4 Å². The van der Waals surface area contributed by atoms with E-state index >= 15 is 0 Å². The van der Waals surface area contributed by atoms with E-state index in [1.54, 1.807) is 0 Å². The lowest BCUT2D eigenvalue weighted by Gasteiger charge is -2.34. The summed E-state index contributed by atoms with van der Waals surface area (Å²) in [5.41, 5.74) is 1.44. The number of rotatable bonds is 3. The van der Waals surface area contributed by atoms with Crippen LogP contribution in [0.3, 0.4) is 0 Å². The Morgan fingerprint density at radius 1 is 1.05 bits per heavy atom. The van der Waals surface area contributed by atoms with E-state index in [0.717, 1.165) is 5.82 Å². The highest BCUT2D eigenvalue weighted by atomic mass is 15.0. The third-order valence-electron chi connectivity index (χ3n) is 3.63. The quantitative estimate of drug-likeness (QED) is 0.874. The van der Waals surface area contributed by atoms with Crippen LogP contribution in [-0.2, 0) is 0 Å². The van der Waals surface area contributed by atoms with Gasteiger partial charge in [0.2, 0.25) is 0 Å². The predicted octanol–water partition coefficient (Wildman–Crippen LogP) is 3.50. The number of anilines is 1. The Labute approximate surface area is 117 Å². The minimum Gasteiger partial charge on any atom is -0.367 e. The van der Waals surface area contributed by atoms with Crippen molar-refractivity contribution in [2.24, 2.45) is 0 Å². The average Bonchev–Trinajstić information content (AvgIpc) is 2.33. The summed E-state index contributed by atoms with van der Waals surface area (Å²) in [4.78, 5) is 4.42. The number of nitrogens with one attached hydrogen (secondary N) is 2. The molecule has 0 amide bonds. The third-order valence-corrected chi connectivity index (χ3v) is 3.63. The maximum absolute atomic E-state index is 4.42. The van der Waals surface area contributed by atoms with Crippen molar-refractivity contribution in [1.82, 2.24) is 10.3 Å². The monoisotopic (exact) mass is 261 g/mol. The molecular formula is C16H27N3. The van der Waals surface area contributed by atoms with Gasteiger partial charge in [0.05, 0.1) is 0 Å². The van der Waals surface area contributed by atoms with Gasteiger partial charge >= 0.3 is 0 Å². The first-order chi connectivity index (χ1) is 8.92. The maximum Gasteiger partial charge on any atom is 0.126 e. The molecule has 106 valence electrons. The van der Waals surface area contributed by atoms with Crippen LogP contribution in [0.2, 0.25) is 0 Å². The highest BCUT2D eigenvalue weighted by Crippen LogP contribution is 2.23. The van der Waals surface area contributed by atoms with Gasteiger partial charge < -0.3 is 10.6 Å². The molecule has 19 heavy (non-hydrogen) atoms. The summed E-state index contributed by atoms with van der Waals surface area (Å²) in [5, 5.41) is 7.26. The van der Waals surface area contributed by atoms with Gasteiger partial charge in [-0.05, 0) is 65.0 Å². The van der Waals surface area contributed by atoms with E-state index in [0.29, 0.717) is 12.1 Å². The molecule has 0 aliphatic heterocycles. The minimum atomic E-state index is 0.226. The van der Waals surface area contributed by atoms with Gasteiger partial charge in [0, 0.05) is 23.8 Å². The van der Waals surface area contributed by atoms with Crippen LogP contribution in [0.5, 0.6) is 0 Å². The van der Waals surface area contributed by atoms with Crippen LogP contribution in [0.4, 0.5) is 5.82 Å². The van der Waals surface area contributed by atoms with Gasteiger partial charge in [-0.3, -0.25) is 0 Å². The van der Waals surface area contributed by atoms with E-state index in [9.17, 15) is 0 Å². The Bertz CT molecular complexity index is 383. The van der Waals surface area contributed by atoms with Crippen LogP contribution in [-0.4, -0.2) is 22.6 Å². The molecule has 2 rings (SSSR count). The Balaban J connectivity index is 1.79. The summed E-state index contributed by atoms with van der Waals surface area (Å²) < 4.78 is 0. The Morgan fingerprint density at radius 3 is 2.21 bits per heavy atom. The molecule has 3 nitrogen and oxygen atoms in total. The zero-order chi connectivity index (χ0) is 13.9. The average molecular weight is 261 g/mol. The molecule has 0 unspecified atom stereocenters. The molecule has 1 fully saturated rings. The molecule has 2 N–H and O–H groups in total. The number of pyridine rings is 1. The molecular weight excluding hydrogens is 234 g/mol. The number of aryl methyl sites for hydroxylation is 1. The van der Waals surface area contributed by atoms with E-state index in [-0.39, 0.29) is 5.54 Å². The molecule has 0 atom stereocenters. The second-order valence-electron chi connectivity index (χ2n) is 6.81. The predicted molar refractivity (Wildman–Crippen MR) is 81.5 cm³/mol. The molecule has 1 aromatic heterocycles. The van der Waals surface area contributed by atoms with E-state index in [1.165, 1.54) is 31.2 Å². The van der Waals surface area contributed by atoms with Crippen LogP contribution in [0.25, 0.3) is 0 Å². The van der Waals surface area contributed by atoms with Gasteiger partial charge in [0.1, 0.15) is 5.82 Å². The number of nitrogens with zero attached hydrogens (tertiary/aromatic N) is 1. The molecule has 1 aliphatic rings. The smallest absolute Gasteiger partial charge is 0.126 e. The first-order valence-corrected chi connectivity index (χ1v) is 7.39. The highest BCUT2D eigenvalue weighted by molar-refractivity contribution is 5.36. The molecule has 0 spiro atoms. The molecule has 0 radical (unpaired) electrons. The van der Waals surface area contributed by atoms with Crippen molar-refractivity contribution >= 4 is 5.82 Å². The van der Waals surface area contributed by atoms with Crippen LogP contribution >= 0.6 is 0 Å². The van der Waals surface area contributed by atoms with Crippen molar-refractivity contribution in [1.29, 1.82) is 0 Å². The van der Waals surface area contributed by atoms with Crippen molar-refractivity contribution in [2.75, 3.05) is 5.32 Å². The van der Waals surface area contributed by atoms with Crippen molar-refractivity contribution < 1.29 is 0 Å². The molecule has 0 saturated heterocycles. The van der Waals surface area contributed by atoms with Gasteiger partial charge in [-0.2, -0.15) is 0 Å². The van der Waals surface area contributed by atoms with Gasteiger partial charge in [-0.25, -0.2) is 4.98 Å². The maximum atomic E-state index is 4.42. The van der Waals surface area contributed by atoms with Crippen molar-refractivity contribution in [3.63, 3.8) is 0 Å². The summed E-state index contributed by atoms with van der Waals surface area (Å²) in [6.45, 7) is 8.80. The topological polar surface area (TPSA) is 37.0 Å². The molecule has 0 bridgehead atoms. The fourth-order valence-electron chi connectivity index (χ4n) is 2.76.